The summed E-state index contributed by atoms with van der Waals surface area (Å²) in [4.78, 5) is 0. The van der Waals surface area contributed by atoms with Crippen LogP contribution in [0.25, 0.3) is 0 Å². The molecule has 0 N–H and O–H groups in total. The molecule has 0 amide bonds. The van der Waals surface area contributed by atoms with E-state index in [0.717, 1.165) is 18.2 Å². The predicted molar refractivity (Wildman–Crippen MR) is 42.4 cm³/mol. The number of hydrogen-bond donors (Lipinski definition) is 0. The molecule has 1 nitrogen and oxygen atoms in total. The smallest absolute Gasteiger partial charge is 0.422 e. The molecule has 0 bridgehead atoms. The third kappa shape index (κ3) is 3.24. The zero-order chi connectivity index (χ0) is 10.8. The van der Waals surface area contributed by atoms with Crippen molar-refractivity contribution in [3.63, 3.8) is 0 Å². The summed E-state index contributed by atoms with van der Waals surface area (Å²) in [7, 11) is 0. The van der Waals surface area contributed by atoms with E-state index in [1.165, 1.54) is 0 Å². The van der Waals surface area contributed by atoms with E-state index in [0.29, 0.717) is 0 Å². The molecule has 0 fully saturated rings. The van der Waals surface area contributed by atoms with Gasteiger partial charge in [0.1, 0.15) is 11.6 Å². The first kappa shape index (κ1) is 10.8. The molecule has 0 aliphatic heterocycles. The van der Waals surface area contributed by atoms with Crippen molar-refractivity contribution in [3.05, 3.63) is 36.5 Å². The van der Waals surface area contributed by atoms with E-state index in [1.807, 2.05) is 0 Å². The van der Waals surface area contributed by atoms with Crippen molar-refractivity contribution in [1.29, 1.82) is 0 Å². The first-order chi connectivity index (χ1) is 6.38. The van der Waals surface area contributed by atoms with Gasteiger partial charge in [-0.25, -0.2) is 4.39 Å². The maximum atomic E-state index is 12.5. The molecule has 0 saturated carbocycles. The average molecular weight is 207 g/mol. The summed E-state index contributed by atoms with van der Waals surface area (Å²) in [6, 6.07) is 3.13. The average Bonchev–Trinajstić information content (AvgIpc) is 2.00. The van der Waals surface area contributed by atoms with E-state index in [1.54, 1.807) is 0 Å². The Balaban J connectivity index is 2.68. The topological polar surface area (TPSA) is 9.23 Å². The molecule has 14 heavy (non-hydrogen) atoms. The van der Waals surface area contributed by atoms with Crippen LogP contribution in [-0.4, -0.2) is 12.8 Å². The van der Waals surface area contributed by atoms with Crippen LogP contribution in [0.3, 0.4) is 0 Å². The predicted octanol–water partition coefficient (Wildman–Crippen LogP) is 2.95. The van der Waals surface area contributed by atoms with Gasteiger partial charge in [-0.2, -0.15) is 13.2 Å². The molecular formula is C9H7F4O. The Morgan fingerprint density at radius 2 is 1.93 bits per heavy atom. The van der Waals surface area contributed by atoms with Crippen molar-refractivity contribution in [1.82, 2.24) is 0 Å². The molecule has 1 aromatic rings. The second-order valence-corrected chi connectivity index (χ2v) is 2.66. The first-order valence-corrected chi connectivity index (χ1v) is 3.69. The number of hydrogen-bond acceptors (Lipinski definition) is 1. The highest BCUT2D eigenvalue weighted by molar-refractivity contribution is 5.35. The zero-order valence-electron chi connectivity index (χ0n) is 7.07. The largest absolute Gasteiger partial charge is 0.484 e. The van der Waals surface area contributed by atoms with Gasteiger partial charge in [-0.05, 0) is 30.7 Å². The molecule has 0 aromatic heterocycles. The van der Waals surface area contributed by atoms with Gasteiger partial charge in [0, 0.05) is 0 Å². The molecule has 0 aliphatic rings. The fourth-order valence-electron chi connectivity index (χ4n) is 0.848. The first-order valence-electron chi connectivity index (χ1n) is 3.69. The maximum Gasteiger partial charge on any atom is 0.422 e. The number of ether oxygens (including phenoxy) is 1. The van der Waals surface area contributed by atoms with Crippen LogP contribution in [0.2, 0.25) is 0 Å². The Hall–Kier alpha value is -1.26. The molecule has 0 saturated heterocycles. The molecular weight excluding hydrogens is 200 g/mol. The molecule has 0 unspecified atom stereocenters. The Bertz CT molecular complexity index is 319. The van der Waals surface area contributed by atoms with Crippen LogP contribution >= 0.6 is 0 Å². The van der Waals surface area contributed by atoms with Gasteiger partial charge in [0.25, 0.3) is 0 Å². The van der Waals surface area contributed by atoms with Crippen molar-refractivity contribution in [2.45, 2.75) is 6.18 Å². The third-order valence-corrected chi connectivity index (χ3v) is 1.41. The normalized spacial score (nSPS) is 11.5. The molecule has 0 aliphatic carbocycles. The lowest BCUT2D eigenvalue weighted by molar-refractivity contribution is -0.153. The van der Waals surface area contributed by atoms with Gasteiger partial charge < -0.3 is 4.74 Å². The summed E-state index contributed by atoms with van der Waals surface area (Å²) in [5.41, 5.74) is 0.0919. The summed E-state index contributed by atoms with van der Waals surface area (Å²) in [5, 5.41) is 0. The highest BCUT2D eigenvalue weighted by Gasteiger charge is 2.28. The highest BCUT2D eigenvalue weighted by Crippen LogP contribution is 2.22. The van der Waals surface area contributed by atoms with E-state index in [2.05, 4.69) is 11.7 Å². The molecule has 1 rings (SSSR count). The summed E-state index contributed by atoms with van der Waals surface area (Å²) in [6.07, 6.45) is -4.40. The van der Waals surface area contributed by atoms with Crippen LogP contribution in [0, 0.1) is 12.7 Å². The number of rotatable bonds is 2. The van der Waals surface area contributed by atoms with Crippen molar-refractivity contribution in [2.75, 3.05) is 6.61 Å². The minimum atomic E-state index is -4.40. The third-order valence-electron chi connectivity index (χ3n) is 1.41. The lowest BCUT2D eigenvalue weighted by atomic mass is 10.2. The fourth-order valence-corrected chi connectivity index (χ4v) is 0.848. The van der Waals surface area contributed by atoms with E-state index >= 15 is 0 Å². The molecule has 1 radical (unpaired) electrons. The molecule has 5 heteroatoms. The van der Waals surface area contributed by atoms with Gasteiger partial charge in [-0.1, -0.05) is 0 Å². The molecule has 0 atom stereocenters. The molecule has 77 valence electrons. The summed E-state index contributed by atoms with van der Waals surface area (Å²) >= 11 is 0. The van der Waals surface area contributed by atoms with Gasteiger partial charge in [-0.15, -0.1) is 0 Å². The van der Waals surface area contributed by atoms with Gasteiger partial charge in [0.2, 0.25) is 0 Å². The minimum Gasteiger partial charge on any atom is -0.484 e. The SMILES string of the molecule is [CH2]c1cc(F)ccc1OCC(F)(F)F. The lowest BCUT2D eigenvalue weighted by Gasteiger charge is -2.10. The number of halogens is 4. The van der Waals surface area contributed by atoms with Crippen molar-refractivity contribution in [3.8, 4) is 5.75 Å². The number of alkyl halides is 3. The van der Waals surface area contributed by atoms with Crippen molar-refractivity contribution < 1.29 is 22.3 Å². The van der Waals surface area contributed by atoms with E-state index in [9.17, 15) is 17.6 Å². The summed E-state index contributed by atoms with van der Waals surface area (Å²) in [5.74, 6) is -0.627. The second-order valence-electron chi connectivity index (χ2n) is 2.66. The summed E-state index contributed by atoms with van der Waals surface area (Å²) in [6.45, 7) is 1.95. The molecule has 1 aromatic carbocycles. The van der Waals surface area contributed by atoms with E-state index < -0.39 is 18.6 Å². The van der Waals surface area contributed by atoms with Crippen LogP contribution in [0.15, 0.2) is 18.2 Å². The van der Waals surface area contributed by atoms with E-state index in [4.69, 9.17) is 0 Å². The van der Waals surface area contributed by atoms with E-state index in [-0.39, 0.29) is 11.3 Å². The van der Waals surface area contributed by atoms with Crippen LogP contribution < -0.4 is 4.74 Å². The molecule has 0 heterocycles. The molecule has 0 spiro atoms. The fraction of sp³-hybridized carbons (Fsp3) is 0.222. The van der Waals surface area contributed by atoms with Gasteiger partial charge in [-0.3, -0.25) is 0 Å². The number of benzene rings is 1. The Morgan fingerprint density at radius 1 is 1.29 bits per heavy atom. The highest BCUT2D eigenvalue weighted by atomic mass is 19.4. The van der Waals surface area contributed by atoms with Crippen molar-refractivity contribution in [2.24, 2.45) is 0 Å². The Labute approximate surface area is 78.3 Å². The second kappa shape index (κ2) is 3.86. The lowest BCUT2D eigenvalue weighted by Crippen LogP contribution is -2.19. The van der Waals surface area contributed by atoms with Gasteiger partial charge in [0.15, 0.2) is 6.61 Å². The van der Waals surface area contributed by atoms with Crippen LogP contribution in [0.4, 0.5) is 17.6 Å². The maximum absolute atomic E-state index is 12.5. The van der Waals surface area contributed by atoms with Crippen LogP contribution in [0.5, 0.6) is 5.75 Å². The Morgan fingerprint density at radius 3 is 2.43 bits per heavy atom. The van der Waals surface area contributed by atoms with Crippen LogP contribution in [-0.2, 0) is 0 Å². The van der Waals surface area contributed by atoms with Crippen molar-refractivity contribution >= 4 is 0 Å². The Kier molecular flexibility index (Phi) is 2.98. The summed E-state index contributed by atoms with van der Waals surface area (Å²) < 4.78 is 52.1. The monoisotopic (exact) mass is 207 g/mol. The minimum absolute atomic E-state index is 0.0660. The zero-order valence-corrected chi connectivity index (χ0v) is 7.07. The van der Waals surface area contributed by atoms with Gasteiger partial charge in [0.05, 0.1) is 0 Å². The quantitative estimate of drug-likeness (QED) is 0.677. The standard InChI is InChI=1S/C9H7F4O/c1-6-4-7(10)2-3-8(6)14-5-9(11,12)13/h2-4H,1,5H2. The van der Waals surface area contributed by atoms with Crippen LogP contribution in [0.1, 0.15) is 5.56 Å². The van der Waals surface area contributed by atoms with Gasteiger partial charge >= 0.3 is 6.18 Å².